The second-order valence-electron chi connectivity index (χ2n) is 2.75. The van der Waals surface area contributed by atoms with Gasteiger partial charge in [0.2, 0.25) is 0 Å². The summed E-state index contributed by atoms with van der Waals surface area (Å²) in [6.07, 6.45) is 1.94. The van der Waals surface area contributed by atoms with Crippen molar-refractivity contribution in [1.29, 1.82) is 0 Å². The van der Waals surface area contributed by atoms with Crippen molar-refractivity contribution in [1.82, 2.24) is 4.98 Å². The van der Waals surface area contributed by atoms with E-state index in [9.17, 15) is 0 Å². The fourth-order valence-electron chi connectivity index (χ4n) is 1.23. The van der Waals surface area contributed by atoms with Crippen LogP contribution in [-0.2, 0) is 0 Å². The topological polar surface area (TPSA) is 35.3 Å². The van der Waals surface area contributed by atoms with E-state index in [1.165, 1.54) is 11.8 Å². The molecule has 0 atom stereocenters. The predicted octanol–water partition coefficient (Wildman–Crippen LogP) is 2.95. The van der Waals surface area contributed by atoms with Crippen molar-refractivity contribution in [2.45, 2.75) is 12.1 Å². The number of rotatable bonds is 3. The Morgan fingerprint density at radius 2 is 2.36 bits per heavy atom. The molecular weight excluding hydrogens is 198 g/mol. The van der Waals surface area contributed by atoms with Gasteiger partial charge in [0.1, 0.15) is 11.3 Å². The van der Waals surface area contributed by atoms with Gasteiger partial charge in [0.05, 0.1) is 6.61 Å². The highest BCUT2D eigenvalue weighted by Gasteiger charge is 2.05. The normalized spacial score (nSPS) is 10.7. The Hall–Kier alpha value is -1.16. The standard InChI is InChI=1S/C10H11NO2S/c1-3-12-7-4-5-8-9(6-7)13-10(11-8)14-2/h4-6H,3H2,1-2H3. The molecule has 0 aliphatic carbocycles. The molecule has 4 heteroatoms. The van der Waals surface area contributed by atoms with Crippen molar-refractivity contribution >= 4 is 22.9 Å². The van der Waals surface area contributed by atoms with Crippen LogP contribution >= 0.6 is 11.8 Å². The fraction of sp³-hybridized carbons (Fsp3) is 0.300. The number of benzene rings is 1. The van der Waals surface area contributed by atoms with Crippen LogP contribution in [0.1, 0.15) is 6.92 Å². The molecule has 14 heavy (non-hydrogen) atoms. The lowest BCUT2D eigenvalue weighted by Crippen LogP contribution is -1.90. The van der Waals surface area contributed by atoms with Crippen LogP contribution in [0.25, 0.3) is 11.1 Å². The Balaban J connectivity index is 2.43. The summed E-state index contributed by atoms with van der Waals surface area (Å²) in [5.41, 5.74) is 1.65. The SMILES string of the molecule is CCOc1ccc2nc(SC)oc2c1. The maximum atomic E-state index is 5.48. The van der Waals surface area contributed by atoms with E-state index in [0.29, 0.717) is 11.8 Å². The van der Waals surface area contributed by atoms with Gasteiger partial charge in [-0.15, -0.1) is 0 Å². The highest BCUT2D eigenvalue weighted by molar-refractivity contribution is 7.98. The second kappa shape index (κ2) is 3.92. The first-order chi connectivity index (χ1) is 6.83. The van der Waals surface area contributed by atoms with Gasteiger partial charge in [-0.3, -0.25) is 0 Å². The monoisotopic (exact) mass is 209 g/mol. The van der Waals surface area contributed by atoms with Crippen LogP contribution in [0.15, 0.2) is 27.8 Å². The van der Waals surface area contributed by atoms with Gasteiger partial charge in [0.25, 0.3) is 5.22 Å². The minimum atomic E-state index is 0.662. The van der Waals surface area contributed by atoms with Crippen molar-refractivity contribution in [3.63, 3.8) is 0 Å². The van der Waals surface area contributed by atoms with E-state index >= 15 is 0 Å². The van der Waals surface area contributed by atoms with Crippen molar-refractivity contribution in [2.75, 3.05) is 12.9 Å². The average molecular weight is 209 g/mol. The van der Waals surface area contributed by atoms with Gasteiger partial charge in [-0.1, -0.05) is 11.8 Å². The van der Waals surface area contributed by atoms with Crippen LogP contribution in [0.2, 0.25) is 0 Å². The van der Waals surface area contributed by atoms with Crippen molar-refractivity contribution in [2.24, 2.45) is 0 Å². The van der Waals surface area contributed by atoms with Crippen LogP contribution in [0.3, 0.4) is 0 Å². The van der Waals surface area contributed by atoms with E-state index in [0.717, 1.165) is 16.8 Å². The number of hydrogen-bond donors (Lipinski definition) is 0. The van der Waals surface area contributed by atoms with Gasteiger partial charge in [0, 0.05) is 6.07 Å². The molecule has 0 radical (unpaired) electrons. The molecule has 0 aliphatic heterocycles. The zero-order valence-electron chi connectivity index (χ0n) is 8.11. The molecule has 1 aromatic heterocycles. The Morgan fingerprint density at radius 1 is 1.50 bits per heavy atom. The largest absolute Gasteiger partial charge is 0.494 e. The van der Waals surface area contributed by atoms with E-state index in [2.05, 4.69) is 4.98 Å². The molecule has 0 unspecified atom stereocenters. The van der Waals surface area contributed by atoms with Crippen LogP contribution in [0, 0.1) is 0 Å². The first kappa shape index (κ1) is 9.40. The molecule has 0 amide bonds. The minimum absolute atomic E-state index is 0.662. The molecule has 74 valence electrons. The number of aromatic nitrogens is 1. The summed E-state index contributed by atoms with van der Waals surface area (Å²) in [5, 5.41) is 0.689. The molecule has 1 aromatic carbocycles. The summed E-state index contributed by atoms with van der Waals surface area (Å²) in [6.45, 7) is 2.62. The highest BCUT2D eigenvalue weighted by Crippen LogP contribution is 2.25. The van der Waals surface area contributed by atoms with E-state index in [1.807, 2.05) is 31.4 Å². The van der Waals surface area contributed by atoms with Crippen LogP contribution in [0.4, 0.5) is 0 Å². The third-order valence-corrected chi connectivity index (χ3v) is 2.35. The van der Waals surface area contributed by atoms with Gasteiger partial charge in [0.15, 0.2) is 5.58 Å². The number of ether oxygens (including phenoxy) is 1. The Bertz CT molecular complexity index is 439. The van der Waals surface area contributed by atoms with Gasteiger partial charge in [-0.25, -0.2) is 4.98 Å². The number of oxazole rings is 1. The van der Waals surface area contributed by atoms with E-state index in [-0.39, 0.29) is 0 Å². The maximum Gasteiger partial charge on any atom is 0.256 e. The van der Waals surface area contributed by atoms with Gasteiger partial charge < -0.3 is 9.15 Å². The molecule has 0 saturated carbocycles. The zero-order chi connectivity index (χ0) is 9.97. The summed E-state index contributed by atoms with van der Waals surface area (Å²) in [6, 6.07) is 5.67. The molecule has 0 bridgehead atoms. The molecule has 1 heterocycles. The summed E-state index contributed by atoms with van der Waals surface area (Å²) < 4.78 is 10.8. The summed E-state index contributed by atoms with van der Waals surface area (Å²) >= 11 is 1.50. The highest BCUT2D eigenvalue weighted by atomic mass is 32.2. The molecule has 2 aromatic rings. The van der Waals surface area contributed by atoms with Crippen LogP contribution in [-0.4, -0.2) is 17.8 Å². The minimum Gasteiger partial charge on any atom is -0.494 e. The number of thioether (sulfide) groups is 1. The second-order valence-corrected chi connectivity index (χ2v) is 3.50. The lowest BCUT2D eigenvalue weighted by molar-refractivity contribution is 0.340. The quantitative estimate of drug-likeness (QED) is 0.728. The predicted molar refractivity (Wildman–Crippen MR) is 57.0 cm³/mol. The smallest absolute Gasteiger partial charge is 0.256 e. The molecule has 0 saturated heterocycles. The van der Waals surface area contributed by atoms with Crippen molar-refractivity contribution in [3.8, 4) is 5.75 Å². The Kier molecular flexibility index (Phi) is 2.63. The lowest BCUT2D eigenvalue weighted by atomic mass is 10.3. The molecule has 0 N–H and O–H groups in total. The third-order valence-electron chi connectivity index (χ3n) is 1.83. The lowest BCUT2D eigenvalue weighted by Gasteiger charge is -2.00. The number of nitrogens with zero attached hydrogens (tertiary/aromatic N) is 1. The first-order valence-electron chi connectivity index (χ1n) is 4.41. The van der Waals surface area contributed by atoms with E-state index in [1.54, 1.807) is 0 Å². The first-order valence-corrected chi connectivity index (χ1v) is 5.63. The van der Waals surface area contributed by atoms with E-state index in [4.69, 9.17) is 9.15 Å². The summed E-state index contributed by atoms with van der Waals surface area (Å²) in [5.74, 6) is 0.823. The fourth-order valence-corrected chi connectivity index (χ4v) is 1.59. The third kappa shape index (κ3) is 1.70. The van der Waals surface area contributed by atoms with Crippen molar-refractivity contribution in [3.05, 3.63) is 18.2 Å². The van der Waals surface area contributed by atoms with Crippen LogP contribution < -0.4 is 4.74 Å². The molecule has 0 spiro atoms. The van der Waals surface area contributed by atoms with Crippen molar-refractivity contribution < 1.29 is 9.15 Å². The van der Waals surface area contributed by atoms with Gasteiger partial charge >= 0.3 is 0 Å². The number of fused-ring (bicyclic) bond motifs is 1. The zero-order valence-corrected chi connectivity index (χ0v) is 8.93. The van der Waals surface area contributed by atoms with Gasteiger partial charge in [-0.2, -0.15) is 0 Å². The summed E-state index contributed by atoms with van der Waals surface area (Å²) in [7, 11) is 0. The van der Waals surface area contributed by atoms with Gasteiger partial charge in [-0.05, 0) is 25.3 Å². The molecule has 0 fully saturated rings. The Morgan fingerprint density at radius 3 is 3.07 bits per heavy atom. The molecule has 0 aliphatic rings. The van der Waals surface area contributed by atoms with Crippen LogP contribution in [0.5, 0.6) is 5.75 Å². The molecule has 2 rings (SSSR count). The summed E-state index contributed by atoms with van der Waals surface area (Å²) in [4.78, 5) is 4.27. The molecule has 3 nitrogen and oxygen atoms in total. The molecular formula is C10H11NO2S. The maximum absolute atomic E-state index is 5.48. The average Bonchev–Trinajstić information content (AvgIpc) is 2.60. The van der Waals surface area contributed by atoms with E-state index < -0.39 is 0 Å². The number of hydrogen-bond acceptors (Lipinski definition) is 4. The Labute approximate surface area is 86.5 Å².